The highest BCUT2D eigenvalue weighted by Gasteiger charge is 2.45. The first kappa shape index (κ1) is 25.5. The fourth-order valence-corrected chi connectivity index (χ4v) is 4.86. The molecular weight excluding hydrogens is 498 g/mol. The van der Waals surface area contributed by atoms with Crippen LogP contribution in [-0.2, 0) is 14.3 Å². The molecule has 1 N–H and O–H groups in total. The van der Waals surface area contributed by atoms with Crippen LogP contribution in [0.1, 0.15) is 39.5 Å². The Morgan fingerprint density at radius 1 is 1.22 bits per heavy atom. The highest BCUT2D eigenvalue weighted by molar-refractivity contribution is 7.17. The van der Waals surface area contributed by atoms with Gasteiger partial charge in [-0.25, -0.2) is 9.78 Å². The van der Waals surface area contributed by atoms with Gasteiger partial charge >= 0.3 is 5.97 Å². The number of aryl methyl sites for hydroxylation is 1. The van der Waals surface area contributed by atoms with Gasteiger partial charge in [0.25, 0.3) is 11.6 Å². The quantitative estimate of drug-likeness (QED) is 0.195. The molecule has 2 aromatic carbocycles. The Bertz CT molecular complexity index is 1460. The molecule has 1 aliphatic rings. The Kier molecular flexibility index (Phi) is 7.25. The van der Waals surface area contributed by atoms with Crippen LogP contribution in [-0.4, -0.2) is 39.3 Å². The van der Waals surface area contributed by atoms with Gasteiger partial charge in [-0.1, -0.05) is 59.9 Å². The highest BCUT2D eigenvalue weighted by Crippen LogP contribution is 2.43. The molecule has 1 amide bonds. The third-order valence-electron chi connectivity index (χ3n) is 5.55. The molecule has 0 saturated heterocycles. The second kappa shape index (κ2) is 10.5. The molecule has 0 aliphatic carbocycles. The highest BCUT2D eigenvalue weighted by atomic mass is 32.1. The van der Waals surface area contributed by atoms with E-state index < -0.39 is 34.4 Å². The topological polar surface area (TPSA) is 140 Å². The van der Waals surface area contributed by atoms with Crippen molar-refractivity contribution < 1.29 is 29.2 Å². The molecule has 0 saturated carbocycles. The standard InChI is InChI=1S/C26H21N3O7S/c1-3-36-25(33)23-15(2)27-26(37-23)28-21(17-10-7-11-18(14-17)29(34)35)20(22(31)24(28)32)19(30)13-12-16-8-5-4-6-9-16/h4-14,21,31H,3H2,1-2H3/b13-12+. The summed E-state index contributed by atoms with van der Waals surface area (Å²) in [5.41, 5.74) is 0.716. The molecule has 0 spiro atoms. The van der Waals surface area contributed by atoms with Gasteiger partial charge in [-0.05, 0) is 31.1 Å². The minimum absolute atomic E-state index is 0.0310. The number of ketones is 1. The smallest absolute Gasteiger partial charge is 0.350 e. The van der Waals surface area contributed by atoms with E-state index in [0.29, 0.717) is 5.69 Å². The Labute approximate surface area is 215 Å². The predicted molar refractivity (Wildman–Crippen MR) is 136 cm³/mol. The minimum Gasteiger partial charge on any atom is -0.503 e. The number of allylic oxidation sites excluding steroid dienone is 1. The van der Waals surface area contributed by atoms with Crippen molar-refractivity contribution in [1.29, 1.82) is 0 Å². The molecule has 3 aromatic rings. The first-order valence-corrected chi connectivity index (χ1v) is 12.0. The molecule has 11 heteroatoms. The number of hydrogen-bond acceptors (Lipinski definition) is 9. The van der Waals surface area contributed by atoms with Crippen LogP contribution < -0.4 is 4.90 Å². The minimum atomic E-state index is -1.22. The number of thiazole rings is 1. The summed E-state index contributed by atoms with van der Waals surface area (Å²) in [7, 11) is 0. The largest absolute Gasteiger partial charge is 0.503 e. The van der Waals surface area contributed by atoms with E-state index >= 15 is 0 Å². The van der Waals surface area contributed by atoms with Gasteiger partial charge in [0.15, 0.2) is 16.7 Å². The van der Waals surface area contributed by atoms with Crippen molar-refractivity contribution in [3.05, 3.63) is 104 Å². The Morgan fingerprint density at radius 2 is 1.95 bits per heavy atom. The van der Waals surface area contributed by atoms with Crippen molar-refractivity contribution in [3.8, 4) is 0 Å². The second-order valence-electron chi connectivity index (χ2n) is 7.93. The number of benzene rings is 2. The lowest BCUT2D eigenvalue weighted by Gasteiger charge is -2.24. The first-order valence-electron chi connectivity index (χ1n) is 11.2. The van der Waals surface area contributed by atoms with Crippen LogP contribution >= 0.6 is 11.3 Å². The zero-order valence-corrected chi connectivity index (χ0v) is 20.6. The van der Waals surface area contributed by atoms with Crippen molar-refractivity contribution in [1.82, 2.24) is 4.98 Å². The molecule has 1 atom stereocenters. The number of hydrogen-bond donors (Lipinski definition) is 1. The van der Waals surface area contributed by atoms with Gasteiger partial charge in [0.05, 0.1) is 28.8 Å². The number of aromatic nitrogens is 1. The van der Waals surface area contributed by atoms with Crippen molar-refractivity contribution in [3.63, 3.8) is 0 Å². The lowest BCUT2D eigenvalue weighted by molar-refractivity contribution is -0.384. The zero-order chi connectivity index (χ0) is 26.7. The number of rotatable bonds is 8. The predicted octanol–water partition coefficient (Wildman–Crippen LogP) is 4.72. The number of nitro groups is 1. The van der Waals surface area contributed by atoms with E-state index in [1.807, 2.05) is 6.07 Å². The van der Waals surface area contributed by atoms with E-state index in [0.717, 1.165) is 21.8 Å². The molecular formula is C26H21N3O7S. The van der Waals surface area contributed by atoms with Gasteiger partial charge < -0.3 is 9.84 Å². The normalized spacial score (nSPS) is 15.5. The van der Waals surface area contributed by atoms with E-state index in [1.54, 1.807) is 38.1 Å². The van der Waals surface area contributed by atoms with Crippen LogP contribution in [0, 0.1) is 17.0 Å². The van der Waals surface area contributed by atoms with Gasteiger partial charge in [0, 0.05) is 12.1 Å². The average molecular weight is 520 g/mol. The van der Waals surface area contributed by atoms with E-state index in [9.17, 15) is 29.6 Å². The van der Waals surface area contributed by atoms with Crippen molar-refractivity contribution in [2.75, 3.05) is 11.5 Å². The Morgan fingerprint density at radius 3 is 2.62 bits per heavy atom. The van der Waals surface area contributed by atoms with Gasteiger partial charge in [-0.3, -0.25) is 24.6 Å². The maximum Gasteiger partial charge on any atom is 0.350 e. The molecule has 37 heavy (non-hydrogen) atoms. The van der Waals surface area contributed by atoms with E-state index in [4.69, 9.17) is 4.74 Å². The number of non-ortho nitro benzene ring substituents is 1. The van der Waals surface area contributed by atoms with Crippen LogP contribution in [0.25, 0.3) is 6.08 Å². The number of nitrogens with zero attached hydrogens (tertiary/aromatic N) is 3. The molecule has 0 fully saturated rings. The summed E-state index contributed by atoms with van der Waals surface area (Å²) in [5, 5.41) is 22.3. The number of carbonyl (C=O) groups is 3. The molecule has 1 unspecified atom stereocenters. The third-order valence-corrected chi connectivity index (χ3v) is 6.69. The molecule has 188 valence electrons. The molecule has 0 radical (unpaired) electrons. The fraction of sp³-hybridized carbons (Fsp3) is 0.154. The monoisotopic (exact) mass is 519 g/mol. The second-order valence-corrected chi connectivity index (χ2v) is 8.91. The molecule has 0 bridgehead atoms. The summed E-state index contributed by atoms with van der Waals surface area (Å²) in [5.74, 6) is -3.00. The Balaban J connectivity index is 1.82. The molecule has 1 aliphatic heterocycles. The van der Waals surface area contributed by atoms with Crippen molar-refractivity contribution in [2.45, 2.75) is 19.9 Å². The van der Waals surface area contributed by atoms with Crippen LogP contribution in [0.3, 0.4) is 0 Å². The number of anilines is 1. The maximum atomic E-state index is 13.3. The maximum absolute atomic E-state index is 13.3. The number of ether oxygens (including phenoxy) is 1. The van der Waals surface area contributed by atoms with Crippen molar-refractivity contribution in [2.24, 2.45) is 0 Å². The van der Waals surface area contributed by atoms with Crippen LogP contribution in [0.15, 0.2) is 72.0 Å². The number of aliphatic hydroxyl groups is 1. The van der Waals surface area contributed by atoms with Gasteiger partial charge in [-0.15, -0.1) is 0 Å². The molecule has 10 nitrogen and oxygen atoms in total. The summed E-state index contributed by atoms with van der Waals surface area (Å²) < 4.78 is 5.05. The number of carbonyl (C=O) groups excluding carboxylic acids is 3. The van der Waals surface area contributed by atoms with E-state index in [2.05, 4.69) is 4.98 Å². The van der Waals surface area contributed by atoms with Crippen molar-refractivity contribution >= 4 is 45.9 Å². The summed E-state index contributed by atoms with van der Waals surface area (Å²) >= 11 is 0.862. The van der Waals surface area contributed by atoms with Crippen LogP contribution in [0.4, 0.5) is 10.8 Å². The Hall–Kier alpha value is -4.64. The average Bonchev–Trinajstić information content (AvgIpc) is 3.40. The van der Waals surface area contributed by atoms with Crippen LogP contribution in [0.5, 0.6) is 0 Å². The first-order chi connectivity index (χ1) is 17.7. The molecule has 1 aromatic heterocycles. The number of nitro benzene ring substituents is 1. The fourth-order valence-electron chi connectivity index (χ4n) is 3.88. The number of aliphatic hydroxyl groups excluding tert-OH is 1. The van der Waals surface area contributed by atoms with Crippen LogP contribution in [0.2, 0.25) is 0 Å². The molecule has 2 heterocycles. The van der Waals surface area contributed by atoms with Gasteiger partial charge in [-0.2, -0.15) is 0 Å². The molecule has 4 rings (SSSR count). The van der Waals surface area contributed by atoms with Gasteiger partial charge in [0.1, 0.15) is 4.88 Å². The zero-order valence-electron chi connectivity index (χ0n) is 19.8. The summed E-state index contributed by atoms with van der Waals surface area (Å²) in [4.78, 5) is 55.3. The van der Waals surface area contributed by atoms with E-state index in [1.165, 1.54) is 36.4 Å². The summed E-state index contributed by atoms with van der Waals surface area (Å²) in [6, 6.07) is 13.2. The van der Waals surface area contributed by atoms with Gasteiger partial charge in [0.2, 0.25) is 0 Å². The SMILES string of the molecule is CCOC(=O)c1sc(N2C(=O)C(O)=C(C(=O)/C=C/c3ccccc3)C2c2cccc([N+](=O)[O-])c2)nc1C. The number of esters is 1. The van der Waals surface area contributed by atoms with E-state index in [-0.39, 0.29) is 33.4 Å². The number of amides is 1. The lowest BCUT2D eigenvalue weighted by atomic mass is 9.95. The summed E-state index contributed by atoms with van der Waals surface area (Å²) in [6.45, 7) is 3.36. The summed E-state index contributed by atoms with van der Waals surface area (Å²) in [6.07, 6.45) is 2.76. The third kappa shape index (κ3) is 5.02. The lowest BCUT2D eigenvalue weighted by Crippen LogP contribution is -2.30.